The Morgan fingerprint density at radius 3 is 0.846 bits per heavy atom. The standard InChI is InChI=1S/C47H88O3S.Na/c1-2-3-4-5-6-7-8-9-10-11-12-13-14-15-16-17-18-19-20-21-22-23-24-25-26-27-28-29-30-31-32-33-34-35-36-37-38-39-40-42-46-43-41-44-47(45-46)51(48,49)50;/h41,43-45H,2-40,42H2,1H3,(H,48,49,50);/q;+1/p-1. The molecule has 0 spiro atoms. The minimum atomic E-state index is -4.35. The molecular formula is C47H87NaO3S. The summed E-state index contributed by atoms with van der Waals surface area (Å²) in [4.78, 5) is -0.105. The van der Waals surface area contributed by atoms with Gasteiger partial charge in [0.2, 0.25) is 0 Å². The van der Waals surface area contributed by atoms with Gasteiger partial charge in [-0.25, -0.2) is 8.42 Å². The number of benzene rings is 1. The summed E-state index contributed by atoms with van der Waals surface area (Å²) in [5.74, 6) is 0. The minimum absolute atomic E-state index is 0. The van der Waals surface area contributed by atoms with E-state index in [1.807, 2.05) is 6.07 Å². The summed E-state index contributed by atoms with van der Waals surface area (Å²) in [6, 6.07) is 6.51. The molecule has 1 aromatic rings. The fraction of sp³-hybridized carbons (Fsp3) is 0.872. The van der Waals surface area contributed by atoms with Crippen molar-refractivity contribution in [1.29, 1.82) is 0 Å². The van der Waals surface area contributed by atoms with Gasteiger partial charge in [-0.05, 0) is 30.5 Å². The Balaban J connectivity index is 0.0000260. The van der Waals surface area contributed by atoms with Crippen molar-refractivity contribution in [2.75, 3.05) is 0 Å². The Labute approximate surface area is 348 Å². The van der Waals surface area contributed by atoms with Crippen molar-refractivity contribution in [3.05, 3.63) is 29.8 Å². The molecule has 52 heavy (non-hydrogen) atoms. The van der Waals surface area contributed by atoms with Crippen LogP contribution in [-0.4, -0.2) is 13.0 Å². The molecule has 0 atom stereocenters. The van der Waals surface area contributed by atoms with Crippen LogP contribution >= 0.6 is 0 Å². The van der Waals surface area contributed by atoms with Crippen molar-refractivity contribution in [2.45, 2.75) is 269 Å². The average molecular weight is 755 g/mol. The molecule has 5 heteroatoms. The van der Waals surface area contributed by atoms with Gasteiger partial charge in [0.1, 0.15) is 10.1 Å². The van der Waals surface area contributed by atoms with Crippen molar-refractivity contribution in [2.24, 2.45) is 0 Å². The summed E-state index contributed by atoms with van der Waals surface area (Å²) in [6.45, 7) is 2.30. The number of aryl methyl sites for hydroxylation is 1. The monoisotopic (exact) mass is 755 g/mol. The van der Waals surface area contributed by atoms with Gasteiger partial charge in [0.15, 0.2) is 0 Å². The van der Waals surface area contributed by atoms with Gasteiger partial charge in [-0.3, -0.25) is 0 Å². The first-order valence-electron chi connectivity index (χ1n) is 23.1. The molecule has 1 aromatic carbocycles. The van der Waals surface area contributed by atoms with Gasteiger partial charge >= 0.3 is 29.6 Å². The van der Waals surface area contributed by atoms with Crippen LogP contribution in [0.3, 0.4) is 0 Å². The molecule has 0 N–H and O–H groups in total. The van der Waals surface area contributed by atoms with E-state index in [2.05, 4.69) is 6.92 Å². The normalized spacial score (nSPS) is 11.7. The summed E-state index contributed by atoms with van der Waals surface area (Å²) in [6.07, 6.45) is 56.4. The van der Waals surface area contributed by atoms with Crippen LogP contribution in [0.15, 0.2) is 29.2 Å². The van der Waals surface area contributed by atoms with Crippen LogP contribution in [0.25, 0.3) is 0 Å². The maximum atomic E-state index is 11.2. The van der Waals surface area contributed by atoms with E-state index in [9.17, 15) is 13.0 Å². The average Bonchev–Trinajstić information content (AvgIpc) is 3.12. The first-order chi connectivity index (χ1) is 25.0. The quantitative estimate of drug-likeness (QED) is 0.0380. The molecule has 3 nitrogen and oxygen atoms in total. The number of hydrogen-bond donors (Lipinski definition) is 0. The third kappa shape index (κ3) is 37.1. The van der Waals surface area contributed by atoms with Crippen LogP contribution in [0.4, 0.5) is 0 Å². The van der Waals surface area contributed by atoms with E-state index in [1.54, 1.807) is 6.07 Å². The van der Waals surface area contributed by atoms with Gasteiger partial charge < -0.3 is 4.55 Å². The Hall–Kier alpha value is 0.130. The van der Waals surface area contributed by atoms with Crippen molar-refractivity contribution >= 4 is 10.1 Å². The summed E-state index contributed by atoms with van der Waals surface area (Å²) in [7, 11) is -4.35. The van der Waals surface area contributed by atoms with E-state index < -0.39 is 10.1 Å². The van der Waals surface area contributed by atoms with Gasteiger partial charge in [0.25, 0.3) is 0 Å². The predicted molar refractivity (Wildman–Crippen MR) is 224 cm³/mol. The largest absolute Gasteiger partial charge is 1.00 e. The van der Waals surface area contributed by atoms with Crippen LogP contribution in [0.1, 0.15) is 263 Å². The zero-order chi connectivity index (χ0) is 36.8. The van der Waals surface area contributed by atoms with Crippen molar-refractivity contribution < 1.29 is 42.5 Å². The Morgan fingerprint density at radius 2 is 0.615 bits per heavy atom. The molecule has 0 bridgehead atoms. The molecule has 0 heterocycles. The molecule has 0 aromatic heterocycles. The number of hydrogen-bond acceptors (Lipinski definition) is 3. The van der Waals surface area contributed by atoms with E-state index in [0.717, 1.165) is 18.4 Å². The van der Waals surface area contributed by atoms with Crippen LogP contribution in [0, 0.1) is 0 Å². The van der Waals surface area contributed by atoms with Crippen molar-refractivity contribution in [1.82, 2.24) is 0 Å². The van der Waals surface area contributed by atoms with E-state index >= 15 is 0 Å². The van der Waals surface area contributed by atoms with Crippen molar-refractivity contribution in [3.63, 3.8) is 0 Å². The van der Waals surface area contributed by atoms with Crippen LogP contribution in [0.2, 0.25) is 0 Å². The van der Waals surface area contributed by atoms with E-state index in [-0.39, 0.29) is 34.5 Å². The third-order valence-corrected chi connectivity index (χ3v) is 12.1. The molecule has 1 rings (SSSR count). The van der Waals surface area contributed by atoms with Crippen LogP contribution in [-0.2, 0) is 16.5 Å². The van der Waals surface area contributed by atoms with Gasteiger partial charge in [-0.1, -0.05) is 263 Å². The first kappa shape index (κ1) is 52.1. The van der Waals surface area contributed by atoms with E-state index in [0.29, 0.717) is 0 Å². The summed E-state index contributed by atoms with van der Waals surface area (Å²) in [5.41, 5.74) is 0.952. The molecule has 0 radical (unpaired) electrons. The molecule has 0 amide bonds. The molecule has 0 saturated carbocycles. The maximum Gasteiger partial charge on any atom is 1.00 e. The SMILES string of the molecule is CCCCCCCCCCCCCCCCCCCCCCCCCCCCCCCCCCCCCCCCCc1cccc(S(=O)(=O)[O-])c1.[Na+]. The molecular weight excluding hydrogens is 668 g/mol. The second kappa shape index (κ2) is 40.8. The molecule has 0 aliphatic carbocycles. The number of unbranched alkanes of at least 4 members (excludes halogenated alkanes) is 38. The van der Waals surface area contributed by atoms with Crippen LogP contribution in [0.5, 0.6) is 0 Å². The molecule has 0 fully saturated rings. The Bertz CT molecular complexity index is 950. The van der Waals surface area contributed by atoms with Gasteiger partial charge in [0, 0.05) is 0 Å². The zero-order valence-corrected chi connectivity index (χ0v) is 38.0. The third-order valence-electron chi connectivity index (χ3n) is 11.3. The topological polar surface area (TPSA) is 57.2 Å². The molecule has 0 saturated heterocycles. The number of rotatable bonds is 41. The van der Waals surface area contributed by atoms with Gasteiger partial charge in [0.05, 0.1) is 4.90 Å². The summed E-state index contributed by atoms with van der Waals surface area (Å²) >= 11 is 0. The molecule has 0 aliphatic rings. The summed E-state index contributed by atoms with van der Waals surface area (Å²) in [5, 5.41) is 0. The maximum absolute atomic E-state index is 11.2. The second-order valence-electron chi connectivity index (χ2n) is 16.3. The fourth-order valence-electron chi connectivity index (χ4n) is 7.80. The fourth-order valence-corrected chi connectivity index (χ4v) is 8.34. The minimum Gasteiger partial charge on any atom is -0.744 e. The van der Waals surface area contributed by atoms with E-state index in [4.69, 9.17) is 0 Å². The van der Waals surface area contributed by atoms with Gasteiger partial charge in [-0.2, -0.15) is 0 Å². The molecule has 300 valence electrons. The molecule has 0 unspecified atom stereocenters. The Morgan fingerprint density at radius 1 is 0.385 bits per heavy atom. The van der Waals surface area contributed by atoms with Crippen LogP contribution < -0.4 is 29.6 Å². The smallest absolute Gasteiger partial charge is 0.744 e. The van der Waals surface area contributed by atoms with Crippen molar-refractivity contribution in [3.8, 4) is 0 Å². The first-order valence-corrected chi connectivity index (χ1v) is 24.5. The summed E-state index contributed by atoms with van der Waals surface area (Å²) < 4.78 is 33.5. The van der Waals surface area contributed by atoms with E-state index in [1.165, 1.54) is 256 Å². The second-order valence-corrected chi connectivity index (χ2v) is 17.7. The predicted octanol–water partition coefficient (Wildman–Crippen LogP) is 13.4. The van der Waals surface area contributed by atoms with Gasteiger partial charge in [-0.15, -0.1) is 0 Å². The molecule has 0 aliphatic heterocycles. The Kier molecular flexibility index (Phi) is 40.9. The zero-order valence-electron chi connectivity index (χ0n) is 35.2.